The Bertz CT molecular complexity index is 434. The lowest BCUT2D eigenvalue weighted by atomic mass is 10.1. The summed E-state index contributed by atoms with van der Waals surface area (Å²) >= 11 is 0. The smallest absolute Gasteiger partial charge is 0.221 e. The van der Waals surface area contributed by atoms with Crippen LogP contribution in [-0.4, -0.2) is 37.5 Å². The van der Waals surface area contributed by atoms with Crippen molar-refractivity contribution in [1.29, 1.82) is 0 Å². The summed E-state index contributed by atoms with van der Waals surface area (Å²) in [5.74, 6) is 0.0988. The van der Waals surface area contributed by atoms with E-state index in [1.807, 2.05) is 7.05 Å². The SMILES string of the molecule is CNCCC(=O)NCc1ccc(CN2CCCCC2)cc1.Cl.Cl. The minimum absolute atomic E-state index is 0. The van der Waals surface area contributed by atoms with Crippen LogP contribution >= 0.6 is 24.8 Å². The third-order valence-electron chi connectivity index (χ3n) is 3.97. The molecule has 1 aromatic carbocycles. The summed E-state index contributed by atoms with van der Waals surface area (Å²) in [6.07, 6.45) is 4.57. The second kappa shape index (κ2) is 12.6. The molecule has 1 fully saturated rings. The summed E-state index contributed by atoms with van der Waals surface area (Å²) in [4.78, 5) is 14.1. The molecule has 2 rings (SSSR count). The number of hydrogen-bond donors (Lipinski definition) is 2. The molecule has 1 aliphatic rings. The van der Waals surface area contributed by atoms with Crippen molar-refractivity contribution in [3.63, 3.8) is 0 Å². The molecule has 4 nitrogen and oxygen atoms in total. The van der Waals surface area contributed by atoms with Gasteiger partial charge in [-0.3, -0.25) is 9.69 Å². The van der Waals surface area contributed by atoms with Crippen molar-refractivity contribution in [1.82, 2.24) is 15.5 Å². The van der Waals surface area contributed by atoms with Crippen molar-refractivity contribution in [3.05, 3.63) is 35.4 Å². The number of benzene rings is 1. The summed E-state index contributed by atoms with van der Waals surface area (Å²) in [6, 6.07) is 8.61. The van der Waals surface area contributed by atoms with Crippen LogP contribution in [0.2, 0.25) is 0 Å². The van der Waals surface area contributed by atoms with Gasteiger partial charge in [-0.25, -0.2) is 0 Å². The largest absolute Gasteiger partial charge is 0.352 e. The normalized spacial score (nSPS) is 14.5. The number of rotatable bonds is 7. The van der Waals surface area contributed by atoms with Gasteiger partial charge in [-0.1, -0.05) is 30.7 Å². The monoisotopic (exact) mass is 361 g/mol. The molecule has 23 heavy (non-hydrogen) atoms. The zero-order valence-electron chi connectivity index (χ0n) is 13.8. The zero-order chi connectivity index (χ0) is 14.9. The van der Waals surface area contributed by atoms with E-state index in [0.717, 1.165) is 18.7 Å². The predicted molar refractivity (Wildman–Crippen MR) is 100 cm³/mol. The second-order valence-electron chi connectivity index (χ2n) is 5.78. The van der Waals surface area contributed by atoms with Gasteiger partial charge in [0.2, 0.25) is 5.91 Å². The third kappa shape index (κ3) is 8.56. The third-order valence-corrected chi connectivity index (χ3v) is 3.97. The standard InChI is InChI=1S/C17H27N3O.2ClH/c1-18-10-9-17(21)19-13-15-5-7-16(8-6-15)14-20-11-3-2-4-12-20;;/h5-8,18H,2-4,9-14H2,1H3,(H,19,21);2*1H. The van der Waals surface area contributed by atoms with Gasteiger partial charge in [-0.05, 0) is 44.1 Å². The lowest BCUT2D eigenvalue weighted by molar-refractivity contribution is -0.121. The number of carbonyl (C=O) groups is 1. The molecule has 1 aromatic rings. The average Bonchev–Trinajstić information content (AvgIpc) is 2.53. The highest BCUT2D eigenvalue weighted by Crippen LogP contribution is 2.13. The van der Waals surface area contributed by atoms with E-state index >= 15 is 0 Å². The molecule has 0 bridgehead atoms. The van der Waals surface area contributed by atoms with Crippen molar-refractivity contribution in [2.45, 2.75) is 38.8 Å². The maximum Gasteiger partial charge on any atom is 0.221 e. The van der Waals surface area contributed by atoms with Crippen LogP contribution in [0.4, 0.5) is 0 Å². The Morgan fingerprint density at radius 3 is 2.26 bits per heavy atom. The van der Waals surface area contributed by atoms with Crippen molar-refractivity contribution >= 4 is 30.7 Å². The highest BCUT2D eigenvalue weighted by Gasteiger charge is 2.10. The van der Waals surface area contributed by atoms with Gasteiger partial charge in [0.1, 0.15) is 0 Å². The van der Waals surface area contributed by atoms with Gasteiger partial charge in [-0.15, -0.1) is 24.8 Å². The van der Waals surface area contributed by atoms with Crippen LogP contribution < -0.4 is 10.6 Å². The van der Waals surface area contributed by atoms with E-state index in [0.29, 0.717) is 13.0 Å². The number of nitrogens with one attached hydrogen (secondary N) is 2. The lowest BCUT2D eigenvalue weighted by Gasteiger charge is -2.26. The number of likely N-dealkylation sites (tertiary alicyclic amines) is 1. The summed E-state index contributed by atoms with van der Waals surface area (Å²) in [7, 11) is 1.86. The maximum absolute atomic E-state index is 11.5. The van der Waals surface area contributed by atoms with Gasteiger partial charge in [-0.2, -0.15) is 0 Å². The first-order valence-corrected chi connectivity index (χ1v) is 7.99. The molecular formula is C17H29Cl2N3O. The van der Waals surface area contributed by atoms with Crippen LogP contribution in [0.3, 0.4) is 0 Å². The number of amides is 1. The molecule has 1 saturated heterocycles. The number of halogens is 2. The fraction of sp³-hybridized carbons (Fsp3) is 0.588. The van der Waals surface area contributed by atoms with E-state index in [9.17, 15) is 4.79 Å². The van der Waals surface area contributed by atoms with Crippen molar-refractivity contribution in [2.75, 3.05) is 26.7 Å². The fourth-order valence-corrected chi connectivity index (χ4v) is 2.67. The lowest BCUT2D eigenvalue weighted by Crippen LogP contribution is -2.29. The fourth-order valence-electron chi connectivity index (χ4n) is 2.67. The summed E-state index contributed by atoms with van der Waals surface area (Å²) < 4.78 is 0. The first-order chi connectivity index (χ1) is 10.3. The summed E-state index contributed by atoms with van der Waals surface area (Å²) in [6.45, 7) is 4.84. The predicted octanol–water partition coefficient (Wildman–Crippen LogP) is 2.74. The van der Waals surface area contributed by atoms with Crippen LogP contribution in [0.5, 0.6) is 0 Å². The van der Waals surface area contributed by atoms with Gasteiger partial charge in [0.05, 0.1) is 0 Å². The van der Waals surface area contributed by atoms with Crippen molar-refractivity contribution in [2.24, 2.45) is 0 Å². The zero-order valence-corrected chi connectivity index (χ0v) is 15.5. The van der Waals surface area contributed by atoms with Crippen molar-refractivity contribution < 1.29 is 4.79 Å². The Kier molecular flexibility index (Phi) is 12.1. The summed E-state index contributed by atoms with van der Waals surface area (Å²) in [5, 5.41) is 5.92. The van der Waals surface area contributed by atoms with E-state index in [1.165, 1.54) is 37.9 Å². The number of hydrogen-bond acceptors (Lipinski definition) is 3. The molecule has 2 N–H and O–H groups in total. The van der Waals surface area contributed by atoms with Crippen molar-refractivity contribution in [3.8, 4) is 0 Å². The molecule has 0 saturated carbocycles. The highest BCUT2D eigenvalue weighted by molar-refractivity contribution is 5.85. The quantitative estimate of drug-likeness (QED) is 0.784. The van der Waals surface area contributed by atoms with Gasteiger partial charge < -0.3 is 10.6 Å². The molecular weight excluding hydrogens is 333 g/mol. The Morgan fingerprint density at radius 2 is 1.65 bits per heavy atom. The second-order valence-corrected chi connectivity index (χ2v) is 5.78. The molecule has 0 unspecified atom stereocenters. The molecule has 0 radical (unpaired) electrons. The van der Waals surface area contributed by atoms with E-state index in [4.69, 9.17) is 0 Å². The minimum atomic E-state index is 0. The van der Waals surface area contributed by atoms with E-state index in [-0.39, 0.29) is 30.7 Å². The molecule has 1 heterocycles. The topological polar surface area (TPSA) is 44.4 Å². The van der Waals surface area contributed by atoms with Crippen LogP contribution in [0.25, 0.3) is 0 Å². The Hall–Kier alpha value is -0.810. The van der Waals surface area contributed by atoms with Gasteiger partial charge in [0.25, 0.3) is 0 Å². The number of carbonyl (C=O) groups excluding carboxylic acids is 1. The molecule has 0 aromatic heterocycles. The van der Waals surface area contributed by atoms with Gasteiger partial charge in [0.15, 0.2) is 0 Å². The molecule has 132 valence electrons. The minimum Gasteiger partial charge on any atom is -0.352 e. The van der Waals surface area contributed by atoms with E-state index in [1.54, 1.807) is 0 Å². The first kappa shape index (κ1) is 22.2. The van der Waals surface area contributed by atoms with Crippen LogP contribution in [-0.2, 0) is 17.9 Å². The number of piperidine rings is 1. The average molecular weight is 362 g/mol. The molecule has 0 spiro atoms. The van der Waals surface area contributed by atoms with Crippen LogP contribution in [0.15, 0.2) is 24.3 Å². The van der Waals surface area contributed by atoms with E-state index < -0.39 is 0 Å². The van der Waals surface area contributed by atoms with Gasteiger partial charge in [0, 0.05) is 26.1 Å². The highest BCUT2D eigenvalue weighted by atomic mass is 35.5. The maximum atomic E-state index is 11.5. The van der Waals surface area contributed by atoms with Gasteiger partial charge >= 0.3 is 0 Å². The number of nitrogens with zero attached hydrogens (tertiary/aromatic N) is 1. The first-order valence-electron chi connectivity index (χ1n) is 7.99. The molecule has 1 aliphatic heterocycles. The molecule has 0 aliphatic carbocycles. The Balaban J connectivity index is 0.00000242. The molecule has 0 atom stereocenters. The van der Waals surface area contributed by atoms with E-state index in [2.05, 4.69) is 39.8 Å². The van der Waals surface area contributed by atoms with Crippen LogP contribution in [0.1, 0.15) is 36.8 Å². The van der Waals surface area contributed by atoms with Crippen LogP contribution in [0, 0.1) is 0 Å². The Morgan fingerprint density at radius 1 is 1.04 bits per heavy atom. The molecule has 6 heteroatoms. The molecule has 1 amide bonds. The Labute approximate surface area is 152 Å². The summed E-state index contributed by atoms with van der Waals surface area (Å²) in [5.41, 5.74) is 2.53.